The lowest BCUT2D eigenvalue weighted by Crippen LogP contribution is -2.36. The number of fused-ring (bicyclic) bond motifs is 1. The van der Waals surface area contributed by atoms with Crippen LogP contribution in [0.3, 0.4) is 0 Å². The Kier molecular flexibility index (Phi) is 5.22. The lowest BCUT2D eigenvalue weighted by molar-refractivity contribution is 0.0697. The molecule has 150 valence electrons. The summed E-state index contributed by atoms with van der Waals surface area (Å²) in [5.74, 6) is -1.01. The molecule has 1 aliphatic heterocycles. The molecule has 0 atom stereocenters. The average Bonchev–Trinajstić information content (AvgIpc) is 2.74. The molecule has 0 unspecified atom stereocenters. The highest BCUT2D eigenvalue weighted by atomic mass is 16.5. The van der Waals surface area contributed by atoms with Gasteiger partial charge in [-0.05, 0) is 30.3 Å². The number of para-hydroxylation sites is 1. The van der Waals surface area contributed by atoms with E-state index in [0.29, 0.717) is 18.9 Å². The van der Waals surface area contributed by atoms with E-state index in [1.165, 1.54) is 6.20 Å². The van der Waals surface area contributed by atoms with Crippen molar-refractivity contribution >= 4 is 39.6 Å². The van der Waals surface area contributed by atoms with Crippen molar-refractivity contribution < 1.29 is 14.6 Å². The molecule has 2 heterocycles. The minimum atomic E-state index is -1.01. The lowest BCUT2D eigenvalue weighted by atomic mass is 10.1. The first-order valence-electron chi connectivity index (χ1n) is 9.57. The number of aromatic nitrogens is 1. The number of anilines is 4. The van der Waals surface area contributed by atoms with Crippen LogP contribution in [-0.2, 0) is 4.74 Å². The van der Waals surface area contributed by atoms with Crippen molar-refractivity contribution in [3.8, 4) is 0 Å². The van der Waals surface area contributed by atoms with E-state index >= 15 is 0 Å². The standard InChI is InChI=1S/C22H24N4O3/c1-25(2)16-8-6-15(7-9-16)24-20-17-4-3-5-19(26-10-12-29-13-11-26)21(17)23-14-18(20)22(27)28/h3-9,14H,10-13H2,1-2H3,(H,23,24)(H,27,28). The summed E-state index contributed by atoms with van der Waals surface area (Å²) in [6, 6.07) is 13.8. The second kappa shape index (κ2) is 7.97. The normalized spacial score (nSPS) is 14.1. The van der Waals surface area contributed by atoms with E-state index in [2.05, 4.69) is 15.2 Å². The maximum atomic E-state index is 11.9. The fourth-order valence-corrected chi connectivity index (χ4v) is 3.55. The van der Waals surface area contributed by atoms with E-state index in [1.807, 2.05) is 61.5 Å². The van der Waals surface area contributed by atoms with Gasteiger partial charge in [-0.2, -0.15) is 0 Å². The smallest absolute Gasteiger partial charge is 0.339 e. The highest BCUT2D eigenvalue weighted by molar-refractivity contribution is 6.08. The molecule has 0 aliphatic carbocycles. The van der Waals surface area contributed by atoms with Gasteiger partial charge in [-0.25, -0.2) is 4.79 Å². The third-order valence-electron chi connectivity index (χ3n) is 5.11. The van der Waals surface area contributed by atoms with E-state index in [1.54, 1.807) is 0 Å². The summed E-state index contributed by atoms with van der Waals surface area (Å²) in [5, 5.41) is 13.8. The Morgan fingerprint density at radius 1 is 1.14 bits per heavy atom. The van der Waals surface area contributed by atoms with Crippen LogP contribution < -0.4 is 15.1 Å². The van der Waals surface area contributed by atoms with Crippen LogP contribution in [-0.4, -0.2) is 56.5 Å². The number of nitrogens with zero attached hydrogens (tertiary/aromatic N) is 3. The topological polar surface area (TPSA) is 77.9 Å². The summed E-state index contributed by atoms with van der Waals surface area (Å²) >= 11 is 0. The van der Waals surface area contributed by atoms with Crippen molar-refractivity contribution in [2.75, 3.05) is 55.5 Å². The minimum absolute atomic E-state index is 0.147. The van der Waals surface area contributed by atoms with Gasteiger partial charge in [-0.1, -0.05) is 12.1 Å². The molecule has 7 heteroatoms. The Labute approximate surface area is 169 Å². The van der Waals surface area contributed by atoms with Crippen molar-refractivity contribution in [3.63, 3.8) is 0 Å². The highest BCUT2D eigenvalue weighted by Gasteiger charge is 2.20. The van der Waals surface area contributed by atoms with Gasteiger partial charge in [-0.15, -0.1) is 0 Å². The first-order chi connectivity index (χ1) is 14.0. The summed E-state index contributed by atoms with van der Waals surface area (Å²) in [6.45, 7) is 2.92. The summed E-state index contributed by atoms with van der Waals surface area (Å²) in [5.41, 5.74) is 4.37. The summed E-state index contributed by atoms with van der Waals surface area (Å²) in [4.78, 5) is 20.6. The van der Waals surface area contributed by atoms with Crippen molar-refractivity contribution in [3.05, 3.63) is 54.2 Å². The number of carboxylic acid groups (broad SMARTS) is 1. The average molecular weight is 392 g/mol. The molecular weight excluding hydrogens is 368 g/mol. The number of nitrogens with one attached hydrogen (secondary N) is 1. The van der Waals surface area contributed by atoms with Gasteiger partial charge in [-0.3, -0.25) is 4.98 Å². The van der Waals surface area contributed by atoms with Crippen LogP contribution in [0.25, 0.3) is 10.9 Å². The van der Waals surface area contributed by atoms with Gasteiger partial charge >= 0.3 is 5.97 Å². The summed E-state index contributed by atoms with van der Waals surface area (Å²) in [6.07, 6.45) is 1.44. The molecule has 7 nitrogen and oxygen atoms in total. The Morgan fingerprint density at radius 2 is 1.86 bits per heavy atom. The molecule has 0 spiro atoms. The van der Waals surface area contributed by atoms with E-state index in [-0.39, 0.29) is 5.56 Å². The summed E-state index contributed by atoms with van der Waals surface area (Å²) < 4.78 is 5.46. The minimum Gasteiger partial charge on any atom is -0.478 e. The quantitative estimate of drug-likeness (QED) is 0.687. The van der Waals surface area contributed by atoms with Crippen molar-refractivity contribution in [1.29, 1.82) is 0 Å². The Morgan fingerprint density at radius 3 is 2.52 bits per heavy atom. The van der Waals surface area contributed by atoms with Gasteiger partial charge in [0, 0.05) is 50.1 Å². The molecule has 2 N–H and O–H groups in total. The van der Waals surface area contributed by atoms with E-state index in [4.69, 9.17) is 4.74 Å². The maximum Gasteiger partial charge on any atom is 0.339 e. The van der Waals surface area contributed by atoms with Crippen LogP contribution in [0.1, 0.15) is 10.4 Å². The number of ether oxygens (including phenoxy) is 1. The van der Waals surface area contributed by atoms with Crippen LogP contribution in [0, 0.1) is 0 Å². The second-order valence-electron chi connectivity index (χ2n) is 7.19. The van der Waals surface area contributed by atoms with Crippen LogP contribution >= 0.6 is 0 Å². The fourth-order valence-electron chi connectivity index (χ4n) is 3.55. The monoisotopic (exact) mass is 392 g/mol. The van der Waals surface area contributed by atoms with Gasteiger partial charge in [0.2, 0.25) is 0 Å². The molecule has 1 aromatic heterocycles. The molecule has 2 aromatic carbocycles. The second-order valence-corrected chi connectivity index (χ2v) is 7.19. The van der Waals surface area contributed by atoms with Crippen molar-refractivity contribution in [1.82, 2.24) is 4.98 Å². The number of hydrogen-bond donors (Lipinski definition) is 2. The number of carboxylic acids is 1. The molecule has 1 aliphatic rings. The predicted octanol–water partition coefficient (Wildman–Crippen LogP) is 3.58. The first kappa shape index (κ1) is 19.0. The van der Waals surface area contributed by atoms with E-state index in [9.17, 15) is 9.90 Å². The molecule has 3 aromatic rings. The molecule has 0 saturated carbocycles. The van der Waals surface area contributed by atoms with Gasteiger partial charge in [0.15, 0.2) is 0 Å². The molecule has 0 bridgehead atoms. The van der Waals surface area contributed by atoms with Crippen LogP contribution in [0.15, 0.2) is 48.7 Å². The molecule has 0 radical (unpaired) electrons. The van der Waals surface area contributed by atoms with Gasteiger partial charge in [0.05, 0.1) is 30.1 Å². The molecular formula is C22H24N4O3. The van der Waals surface area contributed by atoms with Crippen LogP contribution in [0.5, 0.6) is 0 Å². The molecule has 4 rings (SSSR count). The predicted molar refractivity (Wildman–Crippen MR) is 116 cm³/mol. The lowest BCUT2D eigenvalue weighted by Gasteiger charge is -2.29. The zero-order chi connectivity index (χ0) is 20.4. The molecule has 1 saturated heterocycles. The molecule has 0 amide bonds. The third kappa shape index (κ3) is 3.82. The summed E-state index contributed by atoms with van der Waals surface area (Å²) in [7, 11) is 3.96. The number of hydrogen-bond acceptors (Lipinski definition) is 6. The Hall–Kier alpha value is -3.32. The number of pyridine rings is 1. The highest BCUT2D eigenvalue weighted by Crippen LogP contribution is 2.34. The van der Waals surface area contributed by atoms with Gasteiger partial charge in [0.1, 0.15) is 5.56 Å². The Bertz CT molecular complexity index is 1030. The van der Waals surface area contributed by atoms with E-state index < -0.39 is 5.97 Å². The Balaban J connectivity index is 1.79. The van der Waals surface area contributed by atoms with Gasteiger partial charge < -0.3 is 25.0 Å². The van der Waals surface area contributed by atoms with Crippen LogP contribution in [0.4, 0.5) is 22.7 Å². The van der Waals surface area contributed by atoms with E-state index in [0.717, 1.165) is 41.1 Å². The zero-order valence-corrected chi connectivity index (χ0v) is 16.6. The SMILES string of the molecule is CN(C)c1ccc(Nc2c(C(=O)O)cnc3c(N4CCOCC4)cccc23)cc1. The molecule has 29 heavy (non-hydrogen) atoms. The zero-order valence-electron chi connectivity index (χ0n) is 16.6. The number of benzene rings is 2. The number of rotatable bonds is 5. The molecule has 1 fully saturated rings. The number of morpholine rings is 1. The number of carbonyl (C=O) groups is 1. The van der Waals surface area contributed by atoms with Gasteiger partial charge in [0.25, 0.3) is 0 Å². The van der Waals surface area contributed by atoms with Crippen molar-refractivity contribution in [2.45, 2.75) is 0 Å². The maximum absolute atomic E-state index is 11.9. The van der Waals surface area contributed by atoms with Crippen LogP contribution in [0.2, 0.25) is 0 Å². The number of aromatic carboxylic acids is 1. The first-order valence-corrected chi connectivity index (χ1v) is 9.57. The third-order valence-corrected chi connectivity index (χ3v) is 5.11. The fraction of sp³-hybridized carbons (Fsp3) is 0.273. The largest absolute Gasteiger partial charge is 0.478 e. The van der Waals surface area contributed by atoms with Crippen molar-refractivity contribution in [2.24, 2.45) is 0 Å².